The summed E-state index contributed by atoms with van der Waals surface area (Å²) < 4.78 is 15.6. The third-order valence-electron chi connectivity index (χ3n) is 2.51. The van der Waals surface area contributed by atoms with E-state index in [9.17, 15) is 9.59 Å². The van der Waals surface area contributed by atoms with E-state index in [0.717, 1.165) is 0 Å². The average molecular weight is 280 g/mol. The van der Waals surface area contributed by atoms with Crippen molar-refractivity contribution in [2.24, 2.45) is 0 Å². The van der Waals surface area contributed by atoms with Gasteiger partial charge in [0.25, 0.3) is 0 Å². The molecule has 1 aromatic rings. The average Bonchev–Trinajstić information content (AvgIpc) is 2.41. The van der Waals surface area contributed by atoms with Gasteiger partial charge in [0.15, 0.2) is 11.5 Å². The smallest absolute Gasteiger partial charge is 0.311 e. The standard InChI is InChI=1S/C15H20O5/c1-4-7-13(16)19-12-10-6-9-11(18-3)15(12)20-14(17)8-5-2/h6,9-10H,4-5,7-8H2,1-3H3. The fraction of sp³-hybridized carbons (Fsp3) is 0.467. The fourth-order valence-electron chi connectivity index (χ4n) is 1.58. The summed E-state index contributed by atoms with van der Waals surface area (Å²) in [6.07, 6.45) is 1.96. The maximum atomic E-state index is 11.6. The van der Waals surface area contributed by atoms with Gasteiger partial charge in [-0.25, -0.2) is 0 Å². The second kappa shape index (κ2) is 8.19. The van der Waals surface area contributed by atoms with Gasteiger partial charge >= 0.3 is 11.9 Å². The Morgan fingerprint density at radius 2 is 1.50 bits per heavy atom. The molecule has 0 aliphatic heterocycles. The number of hydrogen-bond acceptors (Lipinski definition) is 5. The number of hydrogen-bond donors (Lipinski definition) is 0. The maximum absolute atomic E-state index is 11.6. The van der Waals surface area contributed by atoms with Gasteiger partial charge in [-0.1, -0.05) is 19.9 Å². The molecule has 0 N–H and O–H groups in total. The maximum Gasteiger partial charge on any atom is 0.311 e. The molecule has 0 unspecified atom stereocenters. The quantitative estimate of drug-likeness (QED) is 0.567. The normalized spacial score (nSPS) is 9.95. The zero-order chi connectivity index (χ0) is 15.0. The Balaban J connectivity index is 2.97. The minimum absolute atomic E-state index is 0.151. The SMILES string of the molecule is CCCC(=O)Oc1cccc(OC)c1OC(=O)CCC. The molecule has 0 saturated heterocycles. The van der Waals surface area contributed by atoms with Gasteiger partial charge < -0.3 is 14.2 Å². The van der Waals surface area contributed by atoms with E-state index in [2.05, 4.69) is 0 Å². The molecule has 0 bridgehead atoms. The number of benzene rings is 1. The molecule has 0 spiro atoms. The van der Waals surface area contributed by atoms with E-state index in [4.69, 9.17) is 14.2 Å². The zero-order valence-corrected chi connectivity index (χ0v) is 12.1. The van der Waals surface area contributed by atoms with Crippen molar-refractivity contribution < 1.29 is 23.8 Å². The van der Waals surface area contributed by atoms with Gasteiger partial charge in [0.05, 0.1) is 7.11 Å². The molecule has 0 atom stereocenters. The fourth-order valence-corrected chi connectivity index (χ4v) is 1.58. The van der Waals surface area contributed by atoms with E-state index >= 15 is 0 Å². The number of methoxy groups -OCH3 is 1. The first-order chi connectivity index (χ1) is 9.62. The van der Waals surface area contributed by atoms with Crippen LogP contribution in [0.5, 0.6) is 17.2 Å². The molecule has 20 heavy (non-hydrogen) atoms. The van der Waals surface area contributed by atoms with Crippen LogP contribution in [0.25, 0.3) is 0 Å². The van der Waals surface area contributed by atoms with Crippen molar-refractivity contribution in [3.8, 4) is 17.2 Å². The largest absolute Gasteiger partial charge is 0.493 e. The Hall–Kier alpha value is -2.04. The van der Waals surface area contributed by atoms with E-state index in [0.29, 0.717) is 31.4 Å². The van der Waals surface area contributed by atoms with Gasteiger partial charge in [-0.05, 0) is 25.0 Å². The van der Waals surface area contributed by atoms with Gasteiger partial charge in [-0.3, -0.25) is 9.59 Å². The number of carbonyl (C=O) groups is 2. The topological polar surface area (TPSA) is 61.8 Å². The molecule has 0 fully saturated rings. The molecule has 0 heterocycles. The van der Waals surface area contributed by atoms with E-state index in [1.807, 2.05) is 13.8 Å². The first kappa shape index (κ1) is 16.0. The van der Waals surface area contributed by atoms with Crippen LogP contribution in [0.2, 0.25) is 0 Å². The van der Waals surface area contributed by atoms with Crippen LogP contribution >= 0.6 is 0 Å². The van der Waals surface area contributed by atoms with E-state index in [1.165, 1.54) is 7.11 Å². The summed E-state index contributed by atoms with van der Waals surface area (Å²) in [5, 5.41) is 0. The van der Waals surface area contributed by atoms with E-state index < -0.39 is 0 Å². The van der Waals surface area contributed by atoms with Crippen LogP contribution in [0, 0.1) is 0 Å². The number of carbonyl (C=O) groups excluding carboxylic acids is 2. The molecule has 5 heteroatoms. The number of rotatable bonds is 7. The lowest BCUT2D eigenvalue weighted by Crippen LogP contribution is -2.12. The molecule has 0 radical (unpaired) electrons. The summed E-state index contributed by atoms with van der Waals surface area (Å²) in [7, 11) is 1.46. The summed E-state index contributed by atoms with van der Waals surface area (Å²) in [5.41, 5.74) is 0. The molecular formula is C15H20O5. The minimum Gasteiger partial charge on any atom is -0.493 e. The Morgan fingerprint density at radius 3 is 2.05 bits per heavy atom. The van der Waals surface area contributed by atoms with Gasteiger partial charge in [0.1, 0.15) is 0 Å². The van der Waals surface area contributed by atoms with Gasteiger partial charge in [-0.2, -0.15) is 0 Å². The lowest BCUT2D eigenvalue weighted by atomic mass is 10.2. The van der Waals surface area contributed by atoms with E-state index in [-0.39, 0.29) is 23.4 Å². The second-order valence-electron chi connectivity index (χ2n) is 4.24. The molecule has 0 aliphatic carbocycles. The number of para-hydroxylation sites is 1. The summed E-state index contributed by atoms with van der Waals surface area (Å²) in [6, 6.07) is 4.89. The highest BCUT2D eigenvalue weighted by Gasteiger charge is 2.17. The Labute approximate surface area is 118 Å². The molecule has 1 aromatic carbocycles. The van der Waals surface area contributed by atoms with Crippen molar-refractivity contribution in [2.75, 3.05) is 7.11 Å². The van der Waals surface area contributed by atoms with Gasteiger partial charge in [-0.15, -0.1) is 0 Å². The van der Waals surface area contributed by atoms with Crippen molar-refractivity contribution in [3.05, 3.63) is 18.2 Å². The predicted molar refractivity (Wildman–Crippen MR) is 74.1 cm³/mol. The highest BCUT2D eigenvalue weighted by molar-refractivity contribution is 5.77. The summed E-state index contributed by atoms with van der Waals surface area (Å²) in [4.78, 5) is 23.2. The van der Waals surface area contributed by atoms with Crippen LogP contribution in [0.3, 0.4) is 0 Å². The Bertz CT molecular complexity index is 467. The van der Waals surface area contributed by atoms with Crippen LogP contribution in [0.15, 0.2) is 18.2 Å². The lowest BCUT2D eigenvalue weighted by molar-refractivity contribution is -0.137. The predicted octanol–water partition coefficient (Wildman–Crippen LogP) is 3.11. The van der Waals surface area contributed by atoms with Crippen LogP contribution < -0.4 is 14.2 Å². The summed E-state index contributed by atoms with van der Waals surface area (Å²) in [5.74, 6) is -0.0419. The molecule has 0 aromatic heterocycles. The van der Waals surface area contributed by atoms with Crippen molar-refractivity contribution in [1.29, 1.82) is 0 Å². The molecule has 0 aliphatic rings. The van der Waals surface area contributed by atoms with Crippen molar-refractivity contribution in [2.45, 2.75) is 39.5 Å². The van der Waals surface area contributed by atoms with Crippen LogP contribution in [-0.2, 0) is 9.59 Å². The lowest BCUT2D eigenvalue weighted by Gasteiger charge is -2.13. The van der Waals surface area contributed by atoms with Crippen LogP contribution in [0.4, 0.5) is 0 Å². The highest BCUT2D eigenvalue weighted by atomic mass is 16.6. The summed E-state index contributed by atoms with van der Waals surface area (Å²) >= 11 is 0. The summed E-state index contributed by atoms with van der Waals surface area (Å²) in [6.45, 7) is 3.76. The molecule has 5 nitrogen and oxygen atoms in total. The van der Waals surface area contributed by atoms with Crippen molar-refractivity contribution in [1.82, 2.24) is 0 Å². The van der Waals surface area contributed by atoms with Crippen molar-refractivity contribution >= 4 is 11.9 Å². The third kappa shape index (κ3) is 4.57. The van der Waals surface area contributed by atoms with E-state index in [1.54, 1.807) is 18.2 Å². The van der Waals surface area contributed by atoms with Crippen molar-refractivity contribution in [3.63, 3.8) is 0 Å². The van der Waals surface area contributed by atoms with Crippen LogP contribution in [-0.4, -0.2) is 19.0 Å². The molecule has 0 amide bonds. The molecule has 110 valence electrons. The minimum atomic E-state index is -0.384. The Kier molecular flexibility index (Phi) is 6.56. The zero-order valence-electron chi connectivity index (χ0n) is 12.1. The first-order valence-electron chi connectivity index (χ1n) is 6.70. The number of ether oxygens (including phenoxy) is 3. The first-order valence-corrected chi connectivity index (χ1v) is 6.70. The van der Waals surface area contributed by atoms with Crippen LogP contribution in [0.1, 0.15) is 39.5 Å². The number of esters is 2. The third-order valence-corrected chi connectivity index (χ3v) is 2.51. The van der Waals surface area contributed by atoms with Gasteiger partial charge in [0, 0.05) is 12.8 Å². The highest BCUT2D eigenvalue weighted by Crippen LogP contribution is 2.37. The molecule has 1 rings (SSSR count). The van der Waals surface area contributed by atoms with Gasteiger partial charge in [0.2, 0.25) is 5.75 Å². The Morgan fingerprint density at radius 1 is 0.950 bits per heavy atom. The molecular weight excluding hydrogens is 260 g/mol. The second-order valence-corrected chi connectivity index (χ2v) is 4.24. The monoisotopic (exact) mass is 280 g/mol. The molecule has 0 saturated carbocycles.